The first-order valence-corrected chi connectivity index (χ1v) is 10.2. The molecular weight excluding hydrogens is 416 g/mol. The highest BCUT2D eigenvalue weighted by Gasteiger charge is 2.45. The van der Waals surface area contributed by atoms with E-state index >= 15 is 0 Å². The zero-order chi connectivity index (χ0) is 23.7. The molecule has 1 fully saturated rings. The number of aliphatic hydroxyl groups excluding tert-OH is 5. The second-order valence-corrected chi connectivity index (χ2v) is 8.03. The van der Waals surface area contributed by atoms with Crippen LogP contribution in [0.25, 0.3) is 0 Å². The lowest BCUT2D eigenvalue weighted by atomic mass is 9.95. The zero-order valence-electron chi connectivity index (χ0n) is 17.6. The number of carboxylic acid groups (broad SMARTS) is 2. The second kappa shape index (κ2) is 13.1. The number of carbonyl (C=O) groups is 2. The molecule has 0 spiro atoms. The quantitative estimate of drug-likeness (QED) is 0.172. The van der Waals surface area contributed by atoms with Crippen LogP contribution < -0.4 is 0 Å². The van der Waals surface area contributed by atoms with Crippen molar-refractivity contribution in [3.05, 3.63) is 12.2 Å². The van der Waals surface area contributed by atoms with Gasteiger partial charge in [-0.25, -0.2) is 0 Å². The van der Waals surface area contributed by atoms with E-state index in [9.17, 15) is 40.2 Å². The molecule has 1 saturated heterocycles. The van der Waals surface area contributed by atoms with Gasteiger partial charge in [0.1, 0.15) is 24.4 Å². The van der Waals surface area contributed by atoms with Crippen LogP contribution in [0.3, 0.4) is 0 Å². The van der Waals surface area contributed by atoms with Gasteiger partial charge in [-0.2, -0.15) is 0 Å². The van der Waals surface area contributed by atoms with Crippen LogP contribution in [0.2, 0.25) is 0 Å². The number of carboxylic acids is 2. The first-order chi connectivity index (χ1) is 14.5. The normalized spacial score (nSPS) is 30.6. The van der Waals surface area contributed by atoms with Crippen molar-refractivity contribution in [2.75, 3.05) is 6.61 Å². The number of aliphatic carboxylic acids is 2. The first kappa shape index (κ1) is 27.4. The number of hydrogen-bond donors (Lipinski definition) is 7. The van der Waals surface area contributed by atoms with Crippen LogP contribution in [0.1, 0.15) is 39.5 Å². The average molecular weight is 450 g/mol. The van der Waals surface area contributed by atoms with Gasteiger partial charge in [-0.15, -0.1) is 0 Å². The van der Waals surface area contributed by atoms with Gasteiger partial charge in [0.05, 0.1) is 31.7 Å². The molecule has 0 saturated carbocycles. The number of rotatable bonds is 13. The zero-order valence-corrected chi connectivity index (χ0v) is 17.6. The molecule has 11 nitrogen and oxygen atoms in total. The minimum atomic E-state index is -1.63. The SMILES string of the molecule is CC(C/C=C/CC(C)C(CC(=O)O)O[C@@H]1O[C@H](CO)[C@@H](O)[C@H](O)[C@H]1O)C(O)CC(=O)O. The summed E-state index contributed by atoms with van der Waals surface area (Å²) in [5, 5.41) is 66.8. The molecule has 0 bridgehead atoms. The van der Waals surface area contributed by atoms with E-state index in [4.69, 9.17) is 14.6 Å². The van der Waals surface area contributed by atoms with Crippen LogP contribution in [0.15, 0.2) is 12.2 Å². The van der Waals surface area contributed by atoms with Crippen molar-refractivity contribution in [1.29, 1.82) is 0 Å². The third-order valence-electron chi connectivity index (χ3n) is 5.39. The van der Waals surface area contributed by atoms with Gasteiger partial charge in [0, 0.05) is 0 Å². The van der Waals surface area contributed by atoms with Crippen molar-refractivity contribution in [2.24, 2.45) is 11.8 Å². The lowest BCUT2D eigenvalue weighted by Crippen LogP contribution is -2.60. The fraction of sp³-hybridized carbons (Fsp3) is 0.800. The largest absolute Gasteiger partial charge is 0.481 e. The van der Waals surface area contributed by atoms with E-state index < -0.39 is 67.9 Å². The molecule has 9 atom stereocenters. The van der Waals surface area contributed by atoms with Crippen molar-refractivity contribution in [1.82, 2.24) is 0 Å². The fourth-order valence-electron chi connectivity index (χ4n) is 3.22. The molecule has 7 N–H and O–H groups in total. The molecule has 0 aliphatic carbocycles. The summed E-state index contributed by atoms with van der Waals surface area (Å²) in [6.45, 7) is 2.82. The van der Waals surface area contributed by atoms with Gasteiger partial charge >= 0.3 is 11.9 Å². The van der Waals surface area contributed by atoms with E-state index in [-0.39, 0.29) is 18.3 Å². The smallest absolute Gasteiger partial charge is 0.305 e. The number of allylic oxidation sites excluding steroid dienone is 2. The van der Waals surface area contributed by atoms with E-state index in [2.05, 4.69) is 0 Å². The maximum absolute atomic E-state index is 11.3. The van der Waals surface area contributed by atoms with Gasteiger partial charge in [-0.05, 0) is 24.7 Å². The van der Waals surface area contributed by atoms with Crippen molar-refractivity contribution in [3.63, 3.8) is 0 Å². The van der Waals surface area contributed by atoms with Crippen molar-refractivity contribution in [3.8, 4) is 0 Å². The summed E-state index contributed by atoms with van der Waals surface area (Å²) in [5.74, 6) is -2.85. The predicted octanol–water partition coefficient (Wildman–Crippen LogP) is -0.910. The maximum atomic E-state index is 11.3. The minimum Gasteiger partial charge on any atom is -0.481 e. The molecule has 0 amide bonds. The molecule has 180 valence electrons. The van der Waals surface area contributed by atoms with E-state index in [1.54, 1.807) is 26.0 Å². The van der Waals surface area contributed by atoms with E-state index in [0.29, 0.717) is 12.8 Å². The van der Waals surface area contributed by atoms with Crippen molar-refractivity contribution < 1.29 is 54.8 Å². The summed E-state index contributed by atoms with van der Waals surface area (Å²) in [4.78, 5) is 21.9. The summed E-state index contributed by atoms with van der Waals surface area (Å²) < 4.78 is 10.9. The molecule has 0 radical (unpaired) electrons. The summed E-state index contributed by atoms with van der Waals surface area (Å²) in [6, 6.07) is 0. The molecule has 4 unspecified atom stereocenters. The Labute approximate surface area is 180 Å². The highest BCUT2D eigenvalue weighted by molar-refractivity contribution is 5.67. The Hall–Kier alpha value is -1.60. The molecule has 31 heavy (non-hydrogen) atoms. The number of hydrogen-bond acceptors (Lipinski definition) is 9. The number of ether oxygens (including phenoxy) is 2. The number of aliphatic hydroxyl groups is 5. The van der Waals surface area contributed by atoms with E-state index in [1.165, 1.54) is 0 Å². The maximum Gasteiger partial charge on any atom is 0.305 e. The monoisotopic (exact) mass is 450 g/mol. The van der Waals surface area contributed by atoms with E-state index in [1.807, 2.05) is 0 Å². The lowest BCUT2D eigenvalue weighted by Gasteiger charge is -2.41. The lowest BCUT2D eigenvalue weighted by molar-refractivity contribution is -0.314. The molecule has 0 aromatic rings. The molecule has 0 aromatic heterocycles. The Bertz CT molecular complexity index is 594. The summed E-state index contributed by atoms with van der Waals surface area (Å²) >= 11 is 0. The Morgan fingerprint density at radius 1 is 0.935 bits per heavy atom. The molecule has 0 aromatic carbocycles. The molecule has 1 aliphatic heterocycles. The van der Waals surface area contributed by atoms with Crippen LogP contribution in [0, 0.1) is 11.8 Å². The highest BCUT2D eigenvalue weighted by atomic mass is 16.7. The Morgan fingerprint density at radius 2 is 1.48 bits per heavy atom. The third-order valence-corrected chi connectivity index (χ3v) is 5.39. The molecule has 1 heterocycles. The Kier molecular flexibility index (Phi) is 11.6. The molecule has 1 aliphatic rings. The van der Waals surface area contributed by atoms with Gasteiger partial charge in [0.15, 0.2) is 6.29 Å². The van der Waals surface area contributed by atoms with Gasteiger partial charge in [-0.1, -0.05) is 26.0 Å². The molecule has 11 heteroatoms. The highest BCUT2D eigenvalue weighted by Crippen LogP contribution is 2.26. The van der Waals surface area contributed by atoms with Crippen LogP contribution in [-0.4, -0.2) is 97.2 Å². The van der Waals surface area contributed by atoms with Gasteiger partial charge in [0.2, 0.25) is 0 Å². The first-order valence-electron chi connectivity index (χ1n) is 10.2. The van der Waals surface area contributed by atoms with Gasteiger partial charge in [0.25, 0.3) is 0 Å². The van der Waals surface area contributed by atoms with Crippen LogP contribution >= 0.6 is 0 Å². The van der Waals surface area contributed by atoms with Crippen LogP contribution in [0.5, 0.6) is 0 Å². The molecular formula is C20H34O11. The summed E-state index contributed by atoms with van der Waals surface area (Å²) in [7, 11) is 0. The third kappa shape index (κ3) is 8.81. The Balaban J connectivity index is 2.69. The topological polar surface area (TPSA) is 194 Å². The van der Waals surface area contributed by atoms with Crippen molar-refractivity contribution in [2.45, 2.75) is 82.4 Å². The summed E-state index contributed by atoms with van der Waals surface area (Å²) in [5.41, 5.74) is 0. The van der Waals surface area contributed by atoms with Crippen LogP contribution in [-0.2, 0) is 19.1 Å². The minimum absolute atomic E-state index is 0.275. The molecule has 1 rings (SSSR count). The van der Waals surface area contributed by atoms with Gasteiger partial charge in [-0.3, -0.25) is 9.59 Å². The fourth-order valence-corrected chi connectivity index (χ4v) is 3.22. The average Bonchev–Trinajstić information content (AvgIpc) is 2.69. The Morgan fingerprint density at radius 3 is 2.00 bits per heavy atom. The summed E-state index contributed by atoms with van der Waals surface area (Å²) in [6.07, 6.45) is -5.70. The van der Waals surface area contributed by atoms with Crippen LogP contribution in [0.4, 0.5) is 0 Å². The van der Waals surface area contributed by atoms with Crippen molar-refractivity contribution >= 4 is 11.9 Å². The van der Waals surface area contributed by atoms with Gasteiger partial charge < -0.3 is 45.2 Å². The standard InChI is InChI=1S/C20H34O11/c1-10(12(22)7-15(23)24)5-3-4-6-11(2)13(8-16(25)26)30-20-19(29)18(28)17(27)14(9-21)31-20/h3-4,10-14,17-22,27-29H,5-9H2,1-2H3,(H,23,24)(H,25,26)/b4-3+/t10?,11?,12?,13?,14-,17-,18+,19-,20-/m1/s1. The predicted molar refractivity (Wildman–Crippen MR) is 106 cm³/mol. The second-order valence-electron chi connectivity index (χ2n) is 8.03. The van der Waals surface area contributed by atoms with E-state index in [0.717, 1.165) is 0 Å².